The van der Waals surface area contributed by atoms with Crippen LogP contribution in [-0.2, 0) is 16.0 Å². The molecule has 21 heavy (non-hydrogen) atoms. The minimum Gasteiger partial charge on any atom is -0.459 e. The van der Waals surface area contributed by atoms with Gasteiger partial charge >= 0.3 is 5.97 Å². The summed E-state index contributed by atoms with van der Waals surface area (Å²) < 4.78 is 5.29. The van der Waals surface area contributed by atoms with Crippen LogP contribution in [0.15, 0.2) is 11.1 Å². The van der Waals surface area contributed by atoms with E-state index in [-0.39, 0.29) is 17.0 Å². The topological polar surface area (TPSA) is 52.1 Å². The maximum absolute atomic E-state index is 11.8. The van der Waals surface area contributed by atoms with Crippen LogP contribution in [0.3, 0.4) is 0 Å². The summed E-state index contributed by atoms with van der Waals surface area (Å²) in [6.07, 6.45) is 0.939. The molecule has 0 saturated carbocycles. The van der Waals surface area contributed by atoms with Crippen molar-refractivity contribution in [2.45, 2.75) is 44.7 Å². The highest BCUT2D eigenvalue weighted by Gasteiger charge is 2.18. The Balaban J connectivity index is 2.18. The molecule has 0 unspecified atom stereocenters. The molecular weight excluding hydrogens is 328 g/mol. The molecule has 0 atom stereocenters. The molecule has 0 fully saturated rings. The minimum atomic E-state index is -0.478. The summed E-state index contributed by atoms with van der Waals surface area (Å²) in [7, 11) is 0. The number of thiophene rings is 1. The molecule has 0 saturated heterocycles. The van der Waals surface area contributed by atoms with Crippen LogP contribution in [0.25, 0.3) is 10.2 Å². The van der Waals surface area contributed by atoms with Gasteiger partial charge in [-0.2, -0.15) is 0 Å². The van der Waals surface area contributed by atoms with Crippen LogP contribution >= 0.6 is 34.7 Å². The summed E-state index contributed by atoms with van der Waals surface area (Å²) >= 11 is 8.89. The molecule has 2 aromatic heterocycles. The Labute approximate surface area is 137 Å². The lowest BCUT2D eigenvalue weighted by Crippen LogP contribution is -2.24. The van der Waals surface area contributed by atoms with Crippen LogP contribution in [-0.4, -0.2) is 27.3 Å². The second kappa shape index (κ2) is 6.50. The van der Waals surface area contributed by atoms with Gasteiger partial charge in [0.05, 0.1) is 5.75 Å². The summed E-state index contributed by atoms with van der Waals surface area (Å²) in [6.45, 7) is 7.64. The lowest BCUT2D eigenvalue weighted by Gasteiger charge is -2.19. The third-order valence-electron chi connectivity index (χ3n) is 2.48. The summed E-state index contributed by atoms with van der Waals surface area (Å²) in [5.41, 5.74) is -0.478. The van der Waals surface area contributed by atoms with Gasteiger partial charge in [0.25, 0.3) is 0 Å². The fourth-order valence-electron chi connectivity index (χ4n) is 1.70. The van der Waals surface area contributed by atoms with E-state index < -0.39 is 5.60 Å². The molecule has 2 heterocycles. The number of carbonyl (C=O) groups excluding carboxylic acids is 1. The van der Waals surface area contributed by atoms with E-state index in [1.807, 2.05) is 20.8 Å². The van der Waals surface area contributed by atoms with E-state index in [0.717, 1.165) is 21.7 Å². The molecule has 0 bridgehead atoms. The number of fused-ring (bicyclic) bond motifs is 1. The van der Waals surface area contributed by atoms with Crippen LogP contribution < -0.4 is 0 Å². The predicted octanol–water partition coefficient (Wildman–Crippen LogP) is 4.34. The molecule has 114 valence electrons. The Hall–Kier alpha value is -0.850. The van der Waals surface area contributed by atoms with Crippen molar-refractivity contribution in [2.75, 3.05) is 5.75 Å². The average molecular weight is 345 g/mol. The average Bonchev–Trinajstić information content (AvgIpc) is 2.76. The second-order valence-electron chi connectivity index (χ2n) is 5.46. The molecule has 7 heteroatoms. The number of hydrogen-bond donors (Lipinski definition) is 0. The first kappa shape index (κ1) is 16.5. The number of thioether (sulfide) groups is 1. The van der Waals surface area contributed by atoms with Gasteiger partial charge in [0, 0.05) is 10.3 Å². The number of ether oxygens (including phenoxy) is 1. The molecule has 0 aliphatic carbocycles. The molecule has 2 aromatic rings. The molecule has 0 aliphatic rings. The zero-order chi connectivity index (χ0) is 15.6. The van der Waals surface area contributed by atoms with Gasteiger partial charge in [0.1, 0.15) is 15.5 Å². The van der Waals surface area contributed by atoms with E-state index in [1.54, 1.807) is 11.3 Å². The SMILES string of the molecule is CCc1cc2c(SCC(=O)OC(C)(C)C)nc(Cl)nc2s1. The summed E-state index contributed by atoms with van der Waals surface area (Å²) in [4.78, 5) is 22.3. The van der Waals surface area contributed by atoms with Crippen LogP contribution in [0.2, 0.25) is 5.28 Å². The maximum atomic E-state index is 11.8. The van der Waals surface area contributed by atoms with Gasteiger partial charge in [0.2, 0.25) is 5.28 Å². The number of nitrogens with zero attached hydrogens (tertiary/aromatic N) is 2. The van der Waals surface area contributed by atoms with E-state index in [9.17, 15) is 4.79 Å². The van der Waals surface area contributed by atoms with E-state index in [1.165, 1.54) is 16.6 Å². The molecule has 0 aromatic carbocycles. The van der Waals surface area contributed by atoms with E-state index in [2.05, 4.69) is 23.0 Å². The van der Waals surface area contributed by atoms with Crippen molar-refractivity contribution in [2.24, 2.45) is 0 Å². The van der Waals surface area contributed by atoms with Gasteiger partial charge in [-0.05, 0) is 44.9 Å². The van der Waals surface area contributed by atoms with Gasteiger partial charge in [-0.25, -0.2) is 9.97 Å². The first-order valence-electron chi connectivity index (χ1n) is 6.59. The van der Waals surface area contributed by atoms with E-state index in [0.29, 0.717) is 0 Å². The normalized spacial score (nSPS) is 11.9. The Morgan fingerprint density at radius 2 is 2.14 bits per heavy atom. The van der Waals surface area contributed by atoms with Crippen molar-refractivity contribution in [3.05, 3.63) is 16.2 Å². The number of rotatable bonds is 4. The number of carbonyl (C=O) groups is 1. The monoisotopic (exact) mass is 344 g/mol. The van der Waals surface area contributed by atoms with Crippen molar-refractivity contribution < 1.29 is 9.53 Å². The summed E-state index contributed by atoms with van der Waals surface area (Å²) in [5, 5.41) is 1.89. The quantitative estimate of drug-likeness (QED) is 0.357. The third-order valence-corrected chi connectivity index (χ3v) is 4.78. The fourth-order valence-corrected chi connectivity index (χ4v) is 3.78. The molecule has 0 spiro atoms. The number of esters is 1. The highest BCUT2D eigenvalue weighted by molar-refractivity contribution is 8.00. The number of hydrogen-bond acceptors (Lipinski definition) is 6. The van der Waals surface area contributed by atoms with Crippen molar-refractivity contribution in [1.82, 2.24) is 9.97 Å². The molecule has 0 radical (unpaired) electrons. The largest absolute Gasteiger partial charge is 0.459 e. The van der Waals surface area contributed by atoms with Gasteiger partial charge in [-0.15, -0.1) is 11.3 Å². The molecule has 0 aliphatic heterocycles. The van der Waals surface area contributed by atoms with Gasteiger partial charge in [-0.3, -0.25) is 4.79 Å². The third kappa shape index (κ3) is 4.56. The Bertz CT molecular complexity index is 665. The van der Waals surface area contributed by atoms with Gasteiger partial charge in [-0.1, -0.05) is 18.7 Å². The number of aromatic nitrogens is 2. The highest BCUT2D eigenvalue weighted by Crippen LogP contribution is 2.32. The molecule has 2 rings (SSSR count). The lowest BCUT2D eigenvalue weighted by molar-refractivity contribution is -0.151. The molecule has 4 nitrogen and oxygen atoms in total. The van der Waals surface area contributed by atoms with Crippen molar-refractivity contribution in [3.63, 3.8) is 0 Å². The first-order valence-corrected chi connectivity index (χ1v) is 8.77. The van der Waals surface area contributed by atoms with Gasteiger partial charge < -0.3 is 4.74 Å². The van der Waals surface area contributed by atoms with Gasteiger partial charge in [0.15, 0.2) is 0 Å². The van der Waals surface area contributed by atoms with E-state index >= 15 is 0 Å². The maximum Gasteiger partial charge on any atom is 0.316 e. The van der Waals surface area contributed by atoms with Crippen molar-refractivity contribution in [3.8, 4) is 0 Å². The standard InChI is InChI=1S/C14H17ClN2O2S2/c1-5-8-6-9-11(16-13(15)17-12(9)21-8)20-7-10(18)19-14(2,3)4/h6H,5,7H2,1-4H3. The first-order chi connectivity index (χ1) is 9.78. The Morgan fingerprint density at radius 1 is 1.43 bits per heavy atom. The summed E-state index contributed by atoms with van der Waals surface area (Å²) in [5.74, 6) is -0.0573. The van der Waals surface area contributed by atoms with Crippen LogP contribution in [0, 0.1) is 0 Å². The zero-order valence-corrected chi connectivity index (χ0v) is 14.8. The summed E-state index contributed by atoms with van der Waals surface area (Å²) in [6, 6.07) is 2.06. The van der Waals surface area contributed by atoms with Crippen molar-refractivity contribution in [1.29, 1.82) is 0 Å². The van der Waals surface area contributed by atoms with E-state index in [4.69, 9.17) is 16.3 Å². The van der Waals surface area contributed by atoms with Crippen LogP contribution in [0.1, 0.15) is 32.6 Å². The molecule has 0 N–H and O–H groups in total. The van der Waals surface area contributed by atoms with Crippen molar-refractivity contribution >= 4 is 50.9 Å². The predicted molar refractivity (Wildman–Crippen MR) is 88.4 cm³/mol. The molecular formula is C14H17ClN2O2S2. The smallest absolute Gasteiger partial charge is 0.316 e. The second-order valence-corrected chi connectivity index (χ2v) is 7.88. The van der Waals surface area contributed by atoms with Crippen LogP contribution in [0.4, 0.5) is 0 Å². The lowest BCUT2D eigenvalue weighted by atomic mass is 10.2. The highest BCUT2D eigenvalue weighted by atomic mass is 35.5. The molecule has 0 amide bonds. The number of aryl methyl sites for hydroxylation is 1. The zero-order valence-electron chi connectivity index (χ0n) is 12.4. The fraction of sp³-hybridized carbons (Fsp3) is 0.500. The minimum absolute atomic E-state index is 0.205. The number of halogens is 1. The Morgan fingerprint density at radius 3 is 2.76 bits per heavy atom. The van der Waals surface area contributed by atoms with Crippen LogP contribution in [0.5, 0.6) is 0 Å². The Kier molecular flexibility index (Phi) is 5.11.